The molecule has 2 unspecified atom stereocenters. The molecule has 2 rings (SSSR count). The third-order valence-corrected chi connectivity index (χ3v) is 5.17. The number of benzene rings is 1. The van der Waals surface area contributed by atoms with Crippen LogP contribution in [-0.4, -0.2) is 51.9 Å². The number of hydrogen-bond donors (Lipinski definition) is 3. The fraction of sp³-hybridized carbons (Fsp3) is 0.615. The topological polar surface area (TPSA) is 131 Å². The van der Waals surface area contributed by atoms with Gasteiger partial charge >= 0.3 is 6.09 Å². The van der Waals surface area contributed by atoms with Crippen LogP contribution in [0.25, 0.3) is 0 Å². The van der Waals surface area contributed by atoms with Gasteiger partial charge in [-0.05, 0) is 73.8 Å². The Labute approximate surface area is 208 Å². The molecule has 4 amide bonds. The lowest BCUT2D eigenvalue weighted by molar-refractivity contribution is -0.144. The van der Waals surface area contributed by atoms with Crippen LogP contribution in [0.2, 0.25) is 0 Å². The molecule has 1 aromatic carbocycles. The lowest BCUT2D eigenvalue weighted by Gasteiger charge is -2.36. The van der Waals surface area contributed by atoms with Crippen LogP contribution < -0.4 is 16.4 Å². The van der Waals surface area contributed by atoms with E-state index < -0.39 is 47.6 Å². The van der Waals surface area contributed by atoms with Gasteiger partial charge in [-0.1, -0.05) is 29.3 Å². The summed E-state index contributed by atoms with van der Waals surface area (Å²) in [6.45, 7) is 14.5. The Kier molecular flexibility index (Phi) is 8.57. The first kappa shape index (κ1) is 28.1. The summed E-state index contributed by atoms with van der Waals surface area (Å²) in [5.41, 5.74) is 6.66. The molecule has 0 aliphatic heterocycles. The molecule has 194 valence electrons. The number of rotatable bonds is 8. The molecule has 9 heteroatoms. The van der Waals surface area contributed by atoms with Crippen molar-refractivity contribution in [3.05, 3.63) is 34.9 Å². The Bertz CT molecular complexity index is 953. The molecular formula is C26H40N4O5. The number of hydrogen-bond acceptors (Lipinski definition) is 5. The number of carbonyl (C=O) groups is 4. The van der Waals surface area contributed by atoms with Gasteiger partial charge in [-0.3, -0.25) is 14.4 Å². The molecule has 0 spiro atoms. The molecule has 1 saturated carbocycles. The first-order valence-electron chi connectivity index (χ1n) is 12.0. The monoisotopic (exact) mass is 488 g/mol. The molecule has 0 bridgehead atoms. The average Bonchev–Trinajstić information content (AvgIpc) is 3.45. The van der Waals surface area contributed by atoms with Crippen LogP contribution in [0.5, 0.6) is 0 Å². The van der Waals surface area contributed by atoms with Crippen molar-refractivity contribution in [2.75, 3.05) is 0 Å². The molecule has 1 aromatic rings. The van der Waals surface area contributed by atoms with Crippen molar-refractivity contribution in [2.24, 2.45) is 5.73 Å². The third-order valence-electron chi connectivity index (χ3n) is 5.17. The normalized spacial score (nSPS) is 15.5. The zero-order chi connectivity index (χ0) is 26.7. The zero-order valence-corrected chi connectivity index (χ0v) is 22.2. The number of carbonyl (C=O) groups excluding carboxylic acids is 4. The number of amides is 4. The smallest absolute Gasteiger partial charge is 0.408 e. The van der Waals surface area contributed by atoms with E-state index in [4.69, 9.17) is 10.5 Å². The van der Waals surface area contributed by atoms with Crippen molar-refractivity contribution in [1.82, 2.24) is 15.5 Å². The van der Waals surface area contributed by atoms with Crippen LogP contribution in [0, 0.1) is 13.8 Å². The first-order chi connectivity index (χ1) is 16.0. The fourth-order valence-corrected chi connectivity index (χ4v) is 3.95. The highest BCUT2D eigenvalue weighted by Gasteiger charge is 2.45. The number of primary amides is 1. The second-order valence-corrected chi connectivity index (χ2v) is 11.4. The molecule has 2 atom stereocenters. The quantitative estimate of drug-likeness (QED) is 0.518. The van der Waals surface area contributed by atoms with Crippen LogP contribution in [-0.2, 0) is 19.1 Å². The zero-order valence-electron chi connectivity index (χ0n) is 22.2. The van der Waals surface area contributed by atoms with Gasteiger partial charge in [-0.2, -0.15) is 0 Å². The van der Waals surface area contributed by atoms with Crippen molar-refractivity contribution in [1.29, 1.82) is 0 Å². The van der Waals surface area contributed by atoms with E-state index in [1.807, 2.05) is 52.8 Å². The van der Waals surface area contributed by atoms with Crippen LogP contribution in [0.3, 0.4) is 0 Å². The standard InChI is InChI=1S/C26H40N4O5/c1-15-11-16(2)13-17(12-15)21(22(32)29-25(3,4)5)30(18-9-10-18)23(33)19(14-20(27)31)28-24(34)35-26(6,7)8/h11-13,18-19,21H,9-10,14H2,1-8H3,(H2,27,31)(H,28,34)(H,29,32). The summed E-state index contributed by atoms with van der Waals surface area (Å²) in [6, 6.07) is 3.35. The molecular weight excluding hydrogens is 448 g/mol. The molecule has 0 radical (unpaired) electrons. The van der Waals surface area contributed by atoms with E-state index in [9.17, 15) is 19.2 Å². The van der Waals surface area contributed by atoms with Gasteiger partial charge in [-0.25, -0.2) is 4.79 Å². The Morgan fingerprint density at radius 3 is 2.00 bits per heavy atom. The fourth-order valence-electron chi connectivity index (χ4n) is 3.95. The van der Waals surface area contributed by atoms with Crippen LogP contribution in [0.4, 0.5) is 4.79 Å². The van der Waals surface area contributed by atoms with Gasteiger partial charge in [0, 0.05) is 11.6 Å². The minimum absolute atomic E-state index is 0.199. The number of aryl methyl sites for hydroxylation is 2. The number of ether oxygens (including phenoxy) is 1. The Morgan fingerprint density at radius 1 is 1.03 bits per heavy atom. The van der Waals surface area contributed by atoms with Crippen LogP contribution in [0.15, 0.2) is 18.2 Å². The molecule has 0 saturated heterocycles. The van der Waals surface area contributed by atoms with Gasteiger partial charge in [0.05, 0.1) is 6.42 Å². The number of alkyl carbamates (subject to hydrolysis) is 1. The molecule has 35 heavy (non-hydrogen) atoms. The van der Waals surface area contributed by atoms with Gasteiger partial charge in [0.15, 0.2) is 0 Å². The highest BCUT2D eigenvalue weighted by atomic mass is 16.6. The van der Waals surface area contributed by atoms with Gasteiger partial charge in [0.25, 0.3) is 0 Å². The van der Waals surface area contributed by atoms with Gasteiger partial charge in [0.1, 0.15) is 17.7 Å². The Morgan fingerprint density at radius 2 is 1.57 bits per heavy atom. The maximum atomic E-state index is 13.9. The highest BCUT2D eigenvalue weighted by molar-refractivity contribution is 5.95. The SMILES string of the molecule is Cc1cc(C)cc(C(C(=O)NC(C)(C)C)N(C(=O)C(CC(N)=O)NC(=O)OC(C)(C)C)C2CC2)c1. The summed E-state index contributed by atoms with van der Waals surface area (Å²) < 4.78 is 5.29. The summed E-state index contributed by atoms with van der Waals surface area (Å²) >= 11 is 0. The second kappa shape index (κ2) is 10.7. The third kappa shape index (κ3) is 8.88. The van der Waals surface area contributed by atoms with Crippen LogP contribution in [0.1, 0.15) is 83.5 Å². The highest BCUT2D eigenvalue weighted by Crippen LogP contribution is 2.36. The van der Waals surface area contributed by atoms with E-state index in [-0.39, 0.29) is 11.9 Å². The minimum Gasteiger partial charge on any atom is -0.444 e. The van der Waals surface area contributed by atoms with Crippen molar-refractivity contribution in [2.45, 2.75) is 104 Å². The number of nitrogens with two attached hydrogens (primary N) is 1. The number of nitrogens with one attached hydrogen (secondary N) is 2. The van der Waals surface area contributed by atoms with E-state index >= 15 is 0 Å². The molecule has 9 nitrogen and oxygen atoms in total. The molecule has 1 aliphatic rings. The number of nitrogens with zero attached hydrogens (tertiary/aromatic N) is 1. The van der Waals surface area contributed by atoms with Crippen molar-refractivity contribution < 1.29 is 23.9 Å². The second-order valence-electron chi connectivity index (χ2n) is 11.4. The maximum absolute atomic E-state index is 13.9. The Balaban J connectivity index is 2.52. The van der Waals surface area contributed by atoms with E-state index in [0.29, 0.717) is 18.4 Å². The molecule has 0 heterocycles. The van der Waals surface area contributed by atoms with Crippen molar-refractivity contribution in [3.63, 3.8) is 0 Å². The summed E-state index contributed by atoms with van der Waals surface area (Å²) in [5, 5.41) is 5.49. The molecule has 1 aliphatic carbocycles. The lowest BCUT2D eigenvalue weighted by atomic mass is 9.97. The minimum atomic E-state index is -1.27. The predicted octanol–water partition coefficient (Wildman–Crippen LogP) is 3.02. The maximum Gasteiger partial charge on any atom is 0.408 e. The summed E-state index contributed by atoms with van der Waals surface area (Å²) in [6.07, 6.45) is 0.175. The van der Waals surface area contributed by atoms with E-state index in [2.05, 4.69) is 10.6 Å². The van der Waals surface area contributed by atoms with Crippen molar-refractivity contribution in [3.8, 4) is 0 Å². The van der Waals surface area contributed by atoms with Crippen molar-refractivity contribution >= 4 is 23.8 Å². The molecule has 4 N–H and O–H groups in total. The van der Waals surface area contributed by atoms with E-state index in [1.54, 1.807) is 20.8 Å². The van der Waals surface area contributed by atoms with Gasteiger partial charge in [-0.15, -0.1) is 0 Å². The predicted molar refractivity (Wildman–Crippen MR) is 133 cm³/mol. The molecule has 1 fully saturated rings. The average molecular weight is 489 g/mol. The first-order valence-corrected chi connectivity index (χ1v) is 12.0. The van der Waals surface area contributed by atoms with Crippen LogP contribution >= 0.6 is 0 Å². The lowest BCUT2D eigenvalue weighted by Crippen LogP contribution is -2.56. The Hall–Kier alpha value is -3.10. The van der Waals surface area contributed by atoms with Gasteiger partial charge in [0.2, 0.25) is 17.7 Å². The summed E-state index contributed by atoms with van der Waals surface area (Å²) in [7, 11) is 0. The van der Waals surface area contributed by atoms with Gasteiger partial charge < -0.3 is 26.0 Å². The van der Waals surface area contributed by atoms with E-state index in [1.165, 1.54) is 4.90 Å². The summed E-state index contributed by atoms with van der Waals surface area (Å²) in [5.74, 6) is -1.64. The molecule has 0 aromatic heterocycles. The van der Waals surface area contributed by atoms with E-state index in [0.717, 1.165) is 11.1 Å². The summed E-state index contributed by atoms with van der Waals surface area (Å²) in [4.78, 5) is 53.3. The largest absolute Gasteiger partial charge is 0.444 e.